The van der Waals surface area contributed by atoms with E-state index in [1.165, 1.54) is 0 Å². The topological polar surface area (TPSA) is 43.7 Å². The van der Waals surface area contributed by atoms with E-state index in [2.05, 4.69) is 20.8 Å². The van der Waals surface area contributed by atoms with Crippen LogP contribution in [0.5, 0.6) is 0 Å². The largest absolute Gasteiger partial charge is 0.393 e. The van der Waals surface area contributed by atoms with Gasteiger partial charge in [0.25, 0.3) is 0 Å². The minimum absolute atomic E-state index is 0.0959. The summed E-state index contributed by atoms with van der Waals surface area (Å²) in [4.78, 5) is 2.40. The van der Waals surface area contributed by atoms with Crippen molar-refractivity contribution in [1.82, 2.24) is 4.90 Å². The number of halogens is 1. The molecule has 20 heavy (non-hydrogen) atoms. The van der Waals surface area contributed by atoms with Crippen LogP contribution in [0.15, 0.2) is 28.7 Å². The minimum Gasteiger partial charge on any atom is -0.393 e. The van der Waals surface area contributed by atoms with Crippen LogP contribution in [0.4, 0.5) is 0 Å². The third-order valence-electron chi connectivity index (χ3n) is 4.87. The lowest BCUT2D eigenvalue weighted by Crippen LogP contribution is -2.26. The molecule has 4 heteroatoms. The minimum atomic E-state index is -0.395. The smallest absolute Gasteiger partial charge is 0.0802 e. The number of benzene rings is 1. The van der Waals surface area contributed by atoms with Crippen LogP contribution in [0.3, 0.4) is 0 Å². The zero-order valence-electron chi connectivity index (χ0n) is 11.6. The van der Waals surface area contributed by atoms with E-state index in [-0.39, 0.29) is 6.10 Å². The van der Waals surface area contributed by atoms with Gasteiger partial charge in [0, 0.05) is 30.0 Å². The fourth-order valence-electron chi connectivity index (χ4n) is 3.67. The molecule has 2 fully saturated rings. The number of fused-ring (bicyclic) bond motifs is 1. The maximum Gasteiger partial charge on any atom is 0.0802 e. The van der Waals surface area contributed by atoms with Crippen molar-refractivity contribution in [3.05, 3.63) is 34.3 Å². The van der Waals surface area contributed by atoms with Gasteiger partial charge in [-0.05, 0) is 42.9 Å². The maximum absolute atomic E-state index is 10.2. The summed E-state index contributed by atoms with van der Waals surface area (Å²) in [6, 6.07) is 7.87. The molecule has 0 radical (unpaired) electrons. The number of hydrogen-bond donors (Lipinski definition) is 2. The van der Waals surface area contributed by atoms with Gasteiger partial charge in [0.2, 0.25) is 0 Å². The van der Waals surface area contributed by atoms with Crippen molar-refractivity contribution in [3.8, 4) is 0 Å². The molecular weight excluding hydrogens is 318 g/mol. The van der Waals surface area contributed by atoms with Crippen molar-refractivity contribution in [2.75, 3.05) is 19.6 Å². The van der Waals surface area contributed by atoms with Crippen LogP contribution in [0.1, 0.15) is 30.9 Å². The Hall–Kier alpha value is -0.420. The number of hydrogen-bond acceptors (Lipinski definition) is 3. The van der Waals surface area contributed by atoms with Gasteiger partial charge in [-0.25, -0.2) is 0 Å². The highest BCUT2D eigenvalue weighted by Gasteiger charge is 2.41. The Morgan fingerprint density at radius 1 is 1.20 bits per heavy atom. The highest BCUT2D eigenvalue weighted by Crippen LogP contribution is 2.38. The van der Waals surface area contributed by atoms with Gasteiger partial charge in [-0.15, -0.1) is 0 Å². The highest BCUT2D eigenvalue weighted by molar-refractivity contribution is 9.10. The molecule has 1 saturated carbocycles. The van der Waals surface area contributed by atoms with Gasteiger partial charge in [0.1, 0.15) is 0 Å². The van der Waals surface area contributed by atoms with Crippen LogP contribution in [0, 0.1) is 11.8 Å². The first-order chi connectivity index (χ1) is 9.63. The average molecular weight is 340 g/mol. The molecule has 0 bridgehead atoms. The fraction of sp³-hybridized carbons (Fsp3) is 0.625. The molecule has 0 spiro atoms. The van der Waals surface area contributed by atoms with Crippen LogP contribution in [0.25, 0.3) is 0 Å². The Bertz CT molecular complexity index is 450. The molecule has 0 amide bonds. The summed E-state index contributed by atoms with van der Waals surface area (Å²) in [5.41, 5.74) is 0.979. The van der Waals surface area contributed by atoms with E-state index in [0.29, 0.717) is 11.8 Å². The average Bonchev–Trinajstić information content (AvgIpc) is 2.99. The van der Waals surface area contributed by atoms with E-state index in [0.717, 1.165) is 48.9 Å². The Labute approximate surface area is 128 Å². The Kier molecular flexibility index (Phi) is 4.46. The van der Waals surface area contributed by atoms with Crippen LogP contribution >= 0.6 is 15.9 Å². The summed E-state index contributed by atoms with van der Waals surface area (Å²) in [5.74, 6) is 1.15. The van der Waals surface area contributed by atoms with Crippen molar-refractivity contribution in [1.29, 1.82) is 0 Å². The maximum atomic E-state index is 10.2. The molecule has 1 aromatic carbocycles. The Morgan fingerprint density at radius 2 is 1.95 bits per heavy atom. The molecule has 1 aliphatic carbocycles. The van der Waals surface area contributed by atoms with Gasteiger partial charge in [-0.1, -0.05) is 28.1 Å². The lowest BCUT2D eigenvalue weighted by molar-refractivity contribution is 0.117. The first-order valence-electron chi connectivity index (χ1n) is 7.47. The molecule has 4 unspecified atom stereocenters. The summed E-state index contributed by atoms with van der Waals surface area (Å²) >= 11 is 3.41. The standard InChI is InChI=1S/C16H22BrNO2/c17-13-4-1-11(2-5-13)15(19)7-8-18-9-12-3-6-16(20)14(12)10-18/h1-2,4-5,12,14-16,19-20H,3,6-10H2. The summed E-state index contributed by atoms with van der Waals surface area (Å²) in [5, 5.41) is 20.2. The molecule has 1 heterocycles. The number of aliphatic hydroxyl groups is 2. The molecule has 1 aliphatic heterocycles. The third kappa shape index (κ3) is 3.08. The fourth-order valence-corrected chi connectivity index (χ4v) is 3.93. The molecule has 2 aliphatic rings. The van der Waals surface area contributed by atoms with Crippen molar-refractivity contribution in [2.24, 2.45) is 11.8 Å². The van der Waals surface area contributed by atoms with Crippen molar-refractivity contribution in [2.45, 2.75) is 31.5 Å². The SMILES string of the molecule is OC(CCN1CC2CCC(O)C2C1)c1ccc(Br)cc1. The van der Waals surface area contributed by atoms with Gasteiger partial charge in [0.15, 0.2) is 0 Å². The summed E-state index contributed by atoms with van der Waals surface area (Å²) in [6.45, 7) is 3.00. The molecule has 110 valence electrons. The van der Waals surface area contributed by atoms with E-state index in [1.54, 1.807) is 0 Å². The van der Waals surface area contributed by atoms with Crippen molar-refractivity contribution >= 4 is 15.9 Å². The second-order valence-corrected chi connectivity index (χ2v) is 7.10. The predicted molar refractivity (Wildman–Crippen MR) is 82.4 cm³/mol. The normalized spacial score (nSPS) is 31.4. The van der Waals surface area contributed by atoms with E-state index in [9.17, 15) is 10.2 Å². The highest BCUT2D eigenvalue weighted by atomic mass is 79.9. The monoisotopic (exact) mass is 339 g/mol. The first-order valence-corrected chi connectivity index (χ1v) is 8.27. The summed E-state index contributed by atoms with van der Waals surface area (Å²) < 4.78 is 1.04. The molecule has 0 aromatic heterocycles. The van der Waals surface area contributed by atoms with Crippen LogP contribution in [-0.4, -0.2) is 40.9 Å². The molecule has 1 aromatic rings. The lowest BCUT2D eigenvalue weighted by atomic mass is 10.00. The zero-order valence-corrected chi connectivity index (χ0v) is 13.2. The van der Waals surface area contributed by atoms with E-state index in [1.807, 2.05) is 24.3 Å². The van der Waals surface area contributed by atoms with Crippen molar-refractivity contribution < 1.29 is 10.2 Å². The van der Waals surface area contributed by atoms with Crippen LogP contribution in [0.2, 0.25) is 0 Å². The third-order valence-corrected chi connectivity index (χ3v) is 5.40. The van der Waals surface area contributed by atoms with Gasteiger partial charge in [-0.2, -0.15) is 0 Å². The number of rotatable bonds is 4. The van der Waals surface area contributed by atoms with E-state index < -0.39 is 6.10 Å². The molecule has 1 saturated heterocycles. The van der Waals surface area contributed by atoms with Crippen LogP contribution in [-0.2, 0) is 0 Å². The number of nitrogens with zero attached hydrogens (tertiary/aromatic N) is 1. The summed E-state index contributed by atoms with van der Waals surface area (Å²) in [6.07, 6.45) is 2.41. The number of aliphatic hydroxyl groups excluding tert-OH is 2. The molecule has 3 rings (SSSR count). The zero-order chi connectivity index (χ0) is 14.1. The second-order valence-electron chi connectivity index (χ2n) is 6.18. The molecule has 3 nitrogen and oxygen atoms in total. The first kappa shape index (κ1) is 14.5. The van der Waals surface area contributed by atoms with E-state index in [4.69, 9.17) is 0 Å². The lowest BCUT2D eigenvalue weighted by Gasteiger charge is -2.20. The Morgan fingerprint density at radius 3 is 2.65 bits per heavy atom. The predicted octanol–water partition coefficient (Wildman–Crippen LogP) is 2.58. The number of likely N-dealkylation sites (tertiary alicyclic amines) is 1. The second kappa shape index (κ2) is 6.14. The molecule has 4 atom stereocenters. The van der Waals surface area contributed by atoms with Gasteiger partial charge in [0.05, 0.1) is 12.2 Å². The Balaban J connectivity index is 1.49. The molecular formula is C16H22BrNO2. The van der Waals surface area contributed by atoms with E-state index >= 15 is 0 Å². The molecule has 2 N–H and O–H groups in total. The van der Waals surface area contributed by atoms with Gasteiger partial charge in [-0.3, -0.25) is 0 Å². The quantitative estimate of drug-likeness (QED) is 0.886. The van der Waals surface area contributed by atoms with Gasteiger partial charge >= 0.3 is 0 Å². The van der Waals surface area contributed by atoms with Crippen LogP contribution < -0.4 is 0 Å². The summed E-state index contributed by atoms with van der Waals surface area (Å²) in [7, 11) is 0. The van der Waals surface area contributed by atoms with Crippen molar-refractivity contribution in [3.63, 3.8) is 0 Å². The van der Waals surface area contributed by atoms with Gasteiger partial charge < -0.3 is 15.1 Å².